The normalized spacial score (nSPS) is 35.1. The molecule has 0 amide bonds. The number of hydrogen-bond donors (Lipinski definition) is 1. The Hall–Kier alpha value is -0.000000000000000111. The summed E-state index contributed by atoms with van der Waals surface area (Å²) in [5, 5.41) is 0.535. The molecule has 0 aliphatic heterocycles. The van der Waals surface area contributed by atoms with Gasteiger partial charge >= 0.3 is 0 Å². The van der Waals surface area contributed by atoms with Crippen LogP contribution in [-0.2, 0) is 10.0 Å². The van der Waals surface area contributed by atoms with Gasteiger partial charge in [0.05, 0.1) is 15.1 Å². The van der Waals surface area contributed by atoms with E-state index in [4.69, 9.17) is 34.8 Å². The van der Waals surface area contributed by atoms with Gasteiger partial charge in [-0.25, -0.2) is 13.1 Å². The van der Waals surface area contributed by atoms with Gasteiger partial charge in [-0.05, 0) is 80.8 Å². The lowest BCUT2D eigenvalue weighted by Crippen LogP contribution is -2.52. The minimum absolute atomic E-state index is 0.000710. The molecule has 0 spiro atoms. The second kappa shape index (κ2) is 6.56. The van der Waals surface area contributed by atoms with Crippen LogP contribution in [0.4, 0.5) is 0 Å². The van der Waals surface area contributed by atoms with Gasteiger partial charge in [0, 0.05) is 6.04 Å². The first-order valence-corrected chi connectivity index (χ1v) is 11.5. The zero-order chi connectivity index (χ0) is 17.9. The summed E-state index contributed by atoms with van der Waals surface area (Å²) in [6.07, 6.45) is 6.43. The number of nitrogens with one attached hydrogen (secondary N) is 1. The summed E-state index contributed by atoms with van der Waals surface area (Å²) < 4.78 is 28.6. The van der Waals surface area contributed by atoms with Crippen molar-refractivity contribution in [2.24, 2.45) is 29.6 Å². The van der Waals surface area contributed by atoms with Crippen LogP contribution in [0.3, 0.4) is 0 Å². The van der Waals surface area contributed by atoms with E-state index in [1.807, 2.05) is 6.92 Å². The minimum Gasteiger partial charge on any atom is -0.208 e. The molecular weight excluding hydrogens is 401 g/mol. The number of benzene rings is 1. The van der Waals surface area contributed by atoms with Gasteiger partial charge in [0.25, 0.3) is 0 Å². The first-order chi connectivity index (χ1) is 11.7. The SMILES string of the molecule is CC(NS(=O)(=O)c1cc(Cl)c(Cl)cc1Cl)C1C2CC3CC(C2)CC1C3. The maximum atomic E-state index is 12.9. The highest BCUT2D eigenvalue weighted by Crippen LogP contribution is 2.57. The maximum Gasteiger partial charge on any atom is 0.242 e. The predicted molar refractivity (Wildman–Crippen MR) is 102 cm³/mol. The van der Waals surface area contributed by atoms with Crippen molar-refractivity contribution in [1.29, 1.82) is 0 Å². The number of hydrogen-bond acceptors (Lipinski definition) is 2. The van der Waals surface area contributed by atoms with Gasteiger partial charge in [-0.1, -0.05) is 34.8 Å². The van der Waals surface area contributed by atoms with E-state index in [0.717, 1.165) is 11.8 Å². The molecule has 4 saturated carbocycles. The standard InChI is InChI=1S/C18H22Cl3NO2S/c1-9(18-12-3-10-2-11(5-12)6-13(18)4-10)22-25(23,24)17-8-15(20)14(19)7-16(17)21/h7-13,18,22H,2-6H2,1H3. The Morgan fingerprint density at radius 3 is 2.00 bits per heavy atom. The van der Waals surface area contributed by atoms with Crippen molar-refractivity contribution in [3.63, 3.8) is 0 Å². The highest BCUT2D eigenvalue weighted by Gasteiger charge is 2.50. The van der Waals surface area contributed by atoms with Crippen LogP contribution in [0.15, 0.2) is 17.0 Å². The molecule has 4 aliphatic carbocycles. The third-order valence-electron chi connectivity index (χ3n) is 6.48. The molecule has 0 aromatic heterocycles. The van der Waals surface area contributed by atoms with Crippen LogP contribution < -0.4 is 4.72 Å². The molecule has 4 aliphatic rings. The monoisotopic (exact) mass is 421 g/mol. The molecule has 1 N–H and O–H groups in total. The van der Waals surface area contributed by atoms with E-state index in [0.29, 0.717) is 17.8 Å². The summed E-state index contributed by atoms with van der Waals surface area (Å²) in [6, 6.07) is 2.61. The van der Waals surface area contributed by atoms with E-state index in [1.54, 1.807) is 0 Å². The lowest BCUT2D eigenvalue weighted by atomic mass is 9.51. The summed E-state index contributed by atoms with van der Waals surface area (Å²) in [6.45, 7) is 2.00. The van der Waals surface area contributed by atoms with E-state index >= 15 is 0 Å². The summed E-state index contributed by atoms with van der Waals surface area (Å²) in [5.74, 6) is 3.46. The van der Waals surface area contributed by atoms with Gasteiger partial charge in [0.2, 0.25) is 10.0 Å². The van der Waals surface area contributed by atoms with Gasteiger partial charge in [-0.15, -0.1) is 0 Å². The summed E-state index contributed by atoms with van der Waals surface area (Å²) in [4.78, 5) is -0.000710. The van der Waals surface area contributed by atoms with Crippen LogP contribution in [-0.4, -0.2) is 14.5 Å². The van der Waals surface area contributed by atoms with Crippen molar-refractivity contribution in [3.05, 3.63) is 27.2 Å². The zero-order valence-corrected chi connectivity index (χ0v) is 17.1. The van der Waals surface area contributed by atoms with Crippen molar-refractivity contribution in [3.8, 4) is 0 Å². The smallest absolute Gasteiger partial charge is 0.208 e. The maximum absolute atomic E-state index is 12.9. The number of rotatable bonds is 4. The lowest BCUT2D eigenvalue weighted by Gasteiger charge is -2.56. The van der Waals surface area contributed by atoms with Crippen LogP contribution in [0.1, 0.15) is 39.0 Å². The molecule has 3 nitrogen and oxygen atoms in total. The number of halogens is 3. The van der Waals surface area contributed by atoms with Crippen LogP contribution in [0.5, 0.6) is 0 Å². The first-order valence-electron chi connectivity index (χ1n) is 8.91. The topological polar surface area (TPSA) is 46.2 Å². The average molecular weight is 423 g/mol. The van der Waals surface area contributed by atoms with Crippen LogP contribution >= 0.6 is 34.8 Å². The quantitative estimate of drug-likeness (QED) is 0.662. The van der Waals surface area contributed by atoms with E-state index < -0.39 is 10.0 Å². The molecule has 138 valence electrons. The van der Waals surface area contributed by atoms with Gasteiger partial charge in [0.15, 0.2) is 0 Å². The van der Waals surface area contributed by atoms with Gasteiger partial charge in [0.1, 0.15) is 4.90 Å². The molecule has 4 fully saturated rings. The van der Waals surface area contributed by atoms with Crippen molar-refractivity contribution in [1.82, 2.24) is 4.72 Å². The second-order valence-electron chi connectivity index (χ2n) is 8.11. The van der Waals surface area contributed by atoms with E-state index in [9.17, 15) is 8.42 Å². The molecule has 5 rings (SSSR count). The molecule has 1 atom stereocenters. The fourth-order valence-corrected chi connectivity index (χ4v) is 8.16. The Morgan fingerprint density at radius 1 is 0.920 bits per heavy atom. The minimum atomic E-state index is -3.74. The van der Waals surface area contributed by atoms with Crippen LogP contribution in [0.25, 0.3) is 0 Å². The largest absolute Gasteiger partial charge is 0.242 e. The molecule has 7 heteroatoms. The fourth-order valence-electron chi connectivity index (χ4n) is 5.88. The average Bonchev–Trinajstić information content (AvgIpc) is 2.49. The molecule has 0 saturated heterocycles. The molecule has 1 unspecified atom stereocenters. The highest BCUT2D eigenvalue weighted by atomic mass is 35.5. The highest BCUT2D eigenvalue weighted by molar-refractivity contribution is 7.89. The number of sulfonamides is 1. The van der Waals surface area contributed by atoms with Crippen LogP contribution in [0, 0.1) is 29.6 Å². The summed E-state index contributed by atoms with van der Waals surface area (Å²) >= 11 is 18.0. The first kappa shape index (κ1) is 18.4. The zero-order valence-electron chi connectivity index (χ0n) is 14.0. The van der Waals surface area contributed by atoms with Crippen molar-refractivity contribution in [2.45, 2.75) is 50.0 Å². The molecule has 0 heterocycles. The van der Waals surface area contributed by atoms with E-state index in [-0.39, 0.29) is 26.0 Å². The second-order valence-corrected chi connectivity index (χ2v) is 11.0. The van der Waals surface area contributed by atoms with Crippen LogP contribution in [0.2, 0.25) is 15.1 Å². The Bertz CT molecular complexity index is 768. The molecule has 25 heavy (non-hydrogen) atoms. The fraction of sp³-hybridized carbons (Fsp3) is 0.667. The summed E-state index contributed by atoms with van der Waals surface area (Å²) in [5.41, 5.74) is 0. The third kappa shape index (κ3) is 3.34. The van der Waals surface area contributed by atoms with Gasteiger partial charge < -0.3 is 0 Å². The van der Waals surface area contributed by atoms with Crippen molar-refractivity contribution in [2.75, 3.05) is 0 Å². The lowest BCUT2D eigenvalue weighted by molar-refractivity contribution is -0.0463. The molecule has 1 aromatic carbocycles. The van der Waals surface area contributed by atoms with Gasteiger partial charge in [-0.2, -0.15) is 0 Å². The van der Waals surface area contributed by atoms with Gasteiger partial charge in [-0.3, -0.25) is 0 Å². The van der Waals surface area contributed by atoms with E-state index in [1.165, 1.54) is 44.2 Å². The molecular formula is C18H22Cl3NO2S. The Morgan fingerprint density at radius 2 is 1.44 bits per heavy atom. The Kier molecular flexibility index (Phi) is 4.82. The summed E-state index contributed by atoms with van der Waals surface area (Å²) in [7, 11) is -3.74. The predicted octanol–water partition coefficient (Wildman–Crippen LogP) is 5.39. The molecule has 4 bridgehead atoms. The Labute approximate surface area is 164 Å². The van der Waals surface area contributed by atoms with E-state index in [2.05, 4.69) is 4.72 Å². The third-order valence-corrected chi connectivity index (χ3v) is 9.23. The molecule has 0 radical (unpaired) electrons. The van der Waals surface area contributed by atoms with Crippen molar-refractivity contribution < 1.29 is 8.42 Å². The molecule has 1 aromatic rings. The Balaban J connectivity index is 1.56. The van der Waals surface area contributed by atoms with Crippen molar-refractivity contribution >= 4 is 44.8 Å².